The molecule has 0 saturated carbocycles. The molecule has 1 amide bonds. The molecule has 0 aliphatic carbocycles. The van der Waals surface area contributed by atoms with E-state index >= 15 is 0 Å². The number of carbonyl (C=O) groups is 1. The number of alkyl halides is 1. The normalized spacial score (nSPS) is 21.3. The predicted molar refractivity (Wildman–Crippen MR) is 98.3 cm³/mol. The summed E-state index contributed by atoms with van der Waals surface area (Å²) < 4.78 is 13.4. The van der Waals surface area contributed by atoms with Crippen molar-refractivity contribution >= 4 is 5.91 Å². The minimum atomic E-state index is -0.948. The van der Waals surface area contributed by atoms with Crippen molar-refractivity contribution in [3.63, 3.8) is 0 Å². The maximum absolute atomic E-state index is 13.4. The summed E-state index contributed by atoms with van der Waals surface area (Å²) in [4.78, 5) is 12.6. The van der Waals surface area contributed by atoms with Gasteiger partial charge >= 0.3 is 0 Å². The Morgan fingerprint density at radius 3 is 2.20 bits per heavy atom. The molecule has 1 fully saturated rings. The lowest BCUT2D eigenvalue weighted by Gasteiger charge is -2.22. The molecule has 1 aliphatic heterocycles. The van der Waals surface area contributed by atoms with Gasteiger partial charge in [0.25, 0.3) is 0 Å². The van der Waals surface area contributed by atoms with Crippen LogP contribution < -0.4 is 10.6 Å². The molecule has 4 heteroatoms. The van der Waals surface area contributed by atoms with Crippen LogP contribution in [0.15, 0.2) is 54.6 Å². The molecule has 0 bridgehead atoms. The van der Waals surface area contributed by atoms with Crippen molar-refractivity contribution < 1.29 is 9.18 Å². The molecule has 0 spiro atoms. The fraction of sp³-hybridized carbons (Fsp3) is 0.381. The molecule has 1 heterocycles. The van der Waals surface area contributed by atoms with Crippen LogP contribution >= 0.6 is 0 Å². The molecule has 1 saturated heterocycles. The third kappa shape index (κ3) is 4.26. The number of halogens is 1. The third-order valence-electron chi connectivity index (χ3n) is 4.75. The van der Waals surface area contributed by atoms with Gasteiger partial charge < -0.3 is 10.6 Å². The Morgan fingerprint density at radius 1 is 1.04 bits per heavy atom. The largest absolute Gasteiger partial charge is 0.344 e. The highest BCUT2D eigenvalue weighted by molar-refractivity contribution is 5.83. The minimum absolute atomic E-state index is 0.151. The van der Waals surface area contributed by atoms with Gasteiger partial charge in [-0.15, -0.1) is 0 Å². The molecule has 132 valence electrons. The summed E-state index contributed by atoms with van der Waals surface area (Å²) in [6.07, 6.45) is -0.712. The molecule has 3 atom stereocenters. The maximum atomic E-state index is 13.4. The van der Waals surface area contributed by atoms with E-state index in [1.54, 1.807) is 0 Å². The van der Waals surface area contributed by atoms with Crippen LogP contribution in [0.5, 0.6) is 0 Å². The second-order valence-electron chi connectivity index (χ2n) is 6.97. The SMILES string of the molecule is CC(C)c1ccc([C@@H](NC(=O)[C@@H]2C[C@@H](F)CN2)c2ccccc2)cc1. The number of hydrogen-bond acceptors (Lipinski definition) is 2. The highest BCUT2D eigenvalue weighted by Gasteiger charge is 2.30. The summed E-state index contributed by atoms with van der Waals surface area (Å²) in [7, 11) is 0. The molecule has 3 nitrogen and oxygen atoms in total. The van der Waals surface area contributed by atoms with Crippen molar-refractivity contribution in [2.24, 2.45) is 0 Å². The van der Waals surface area contributed by atoms with Gasteiger partial charge in [0.2, 0.25) is 5.91 Å². The van der Waals surface area contributed by atoms with Gasteiger partial charge in [-0.1, -0.05) is 68.4 Å². The van der Waals surface area contributed by atoms with Crippen molar-refractivity contribution in [2.45, 2.75) is 44.4 Å². The van der Waals surface area contributed by atoms with Gasteiger partial charge in [-0.3, -0.25) is 4.79 Å². The van der Waals surface area contributed by atoms with E-state index in [2.05, 4.69) is 48.7 Å². The smallest absolute Gasteiger partial charge is 0.237 e. The van der Waals surface area contributed by atoms with Gasteiger partial charge in [0.1, 0.15) is 6.17 Å². The molecule has 25 heavy (non-hydrogen) atoms. The molecule has 0 aromatic heterocycles. The lowest BCUT2D eigenvalue weighted by Crippen LogP contribution is -2.42. The topological polar surface area (TPSA) is 41.1 Å². The zero-order valence-corrected chi connectivity index (χ0v) is 14.7. The van der Waals surface area contributed by atoms with Crippen molar-refractivity contribution in [2.75, 3.05) is 6.54 Å². The van der Waals surface area contributed by atoms with Crippen LogP contribution in [0.1, 0.15) is 48.9 Å². The number of benzene rings is 2. The fourth-order valence-corrected chi connectivity index (χ4v) is 3.21. The average molecular weight is 340 g/mol. The van der Waals surface area contributed by atoms with Gasteiger partial charge in [0, 0.05) is 13.0 Å². The van der Waals surface area contributed by atoms with Gasteiger partial charge in [-0.25, -0.2) is 4.39 Å². The summed E-state index contributed by atoms with van der Waals surface area (Å²) in [6, 6.07) is 17.5. The summed E-state index contributed by atoms with van der Waals surface area (Å²) in [5, 5.41) is 6.04. The van der Waals surface area contributed by atoms with E-state index < -0.39 is 12.2 Å². The number of amides is 1. The summed E-state index contributed by atoms with van der Waals surface area (Å²) >= 11 is 0. The molecule has 3 rings (SSSR count). The zero-order chi connectivity index (χ0) is 17.8. The second kappa shape index (κ2) is 7.79. The third-order valence-corrected chi connectivity index (χ3v) is 4.75. The quantitative estimate of drug-likeness (QED) is 0.871. The Bertz CT molecular complexity index is 700. The number of carbonyl (C=O) groups excluding carboxylic acids is 1. The molecule has 2 N–H and O–H groups in total. The van der Waals surface area contributed by atoms with E-state index in [0.29, 0.717) is 5.92 Å². The van der Waals surface area contributed by atoms with Gasteiger partial charge in [0.15, 0.2) is 0 Å². The highest BCUT2D eigenvalue weighted by Crippen LogP contribution is 2.25. The highest BCUT2D eigenvalue weighted by atomic mass is 19.1. The Hall–Kier alpha value is -2.20. The number of hydrogen-bond donors (Lipinski definition) is 2. The summed E-state index contributed by atoms with van der Waals surface area (Å²) in [5.74, 6) is 0.310. The maximum Gasteiger partial charge on any atom is 0.237 e. The van der Waals surface area contributed by atoms with E-state index in [1.165, 1.54) is 5.56 Å². The second-order valence-corrected chi connectivity index (χ2v) is 6.97. The zero-order valence-electron chi connectivity index (χ0n) is 14.7. The molecular weight excluding hydrogens is 315 g/mol. The van der Waals surface area contributed by atoms with Crippen molar-refractivity contribution in [3.05, 3.63) is 71.3 Å². The van der Waals surface area contributed by atoms with Gasteiger partial charge in [-0.2, -0.15) is 0 Å². The fourth-order valence-electron chi connectivity index (χ4n) is 3.21. The lowest BCUT2D eigenvalue weighted by molar-refractivity contribution is -0.123. The average Bonchev–Trinajstić information content (AvgIpc) is 3.07. The van der Waals surface area contributed by atoms with E-state index in [9.17, 15) is 9.18 Å². The molecular formula is C21H25FN2O. The van der Waals surface area contributed by atoms with Crippen molar-refractivity contribution in [3.8, 4) is 0 Å². The van der Waals surface area contributed by atoms with Crippen LogP contribution in [0.25, 0.3) is 0 Å². The van der Waals surface area contributed by atoms with E-state index in [1.807, 2.05) is 30.3 Å². The molecule has 0 radical (unpaired) electrons. The minimum Gasteiger partial charge on any atom is -0.344 e. The van der Waals surface area contributed by atoms with Crippen molar-refractivity contribution in [1.29, 1.82) is 0 Å². The Morgan fingerprint density at radius 2 is 1.64 bits per heavy atom. The summed E-state index contributed by atoms with van der Waals surface area (Å²) in [5.41, 5.74) is 3.31. The molecule has 2 aromatic rings. The molecule has 0 unspecified atom stereocenters. The lowest BCUT2D eigenvalue weighted by atomic mass is 9.95. The Balaban J connectivity index is 1.84. The predicted octanol–water partition coefficient (Wildman–Crippen LogP) is 3.72. The van der Waals surface area contributed by atoms with Gasteiger partial charge in [-0.05, 0) is 22.6 Å². The first kappa shape index (κ1) is 17.6. The standard InChI is InChI=1S/C21H25FN2O/c1-14(2)15-8-10-17(11-9-15)20(16-6-4-3-5-7-16)24-21(25)19-12-18(22)13-23-19/h3-11,14,18-20,23H,12-13H2,1-2H3,(H,24,25)/t18-,19+,20+/m1/s1. The van der Waals surface area contributed by atoms with Crippen LogP contribution in [0.3, 0.4) is 0 Å². The van der Waals surface area contributed by atoms with Crippen LogP contribution in [0.2, 0.25) is 0 Å². The number of rotatable bonds is 5. The Labute approximate surface area is 148 Å². The summed E-state index contributed by atoms with van der Waals surface area (Å²) in [6.45, 7) is 4.56. The molecule has 1 aliphatic rings. The molecule has 2 aromatic carbocycles. The van der Waals surface area contributed by atoms with Crippen LogP contribution in [0.4, 0.5) is 4.39 Å². The first-order valence-corrected chi connectivity index (χ1v) is 8.87. The van der Waals surface area contributed by atoms with Crippen LogP contribution in [-0.4, -0.2) is 24.7 Å². The van der Waals surface area contributed by atoms with Crippen LogP contribution in [0, 0.1) is 0 Å². The monoisotopic (exact) mass is 340 g/mol. The van der Waals surface area contributed by atoms with Crippen molar-refractivity contribution in [1.82, 2.24) is 10.6 Å². The number of nitrogens with one attached hydrogen (secondary N) is 2. The van der Waals surface area contributed by atoms with E-state index in [4.69, 9.17) is 0 Å². The Kier molecular flexibility index (Phi) is 5.49. The van der Waals surface area contributed by atoms with Crippen LogP contribution in [-0.2, 0) is 4.79 Å². The van der Waals surface area contributed by atoms with E-state index in [-0.39, 0.29) is 24.9 Å². The van der Waals surface area contributed by atoms with E-state index in [0.717, 1.165) is 11.1 Å². The first-order chi connectivity index (χ1) is 12.0. The van der Waals surface area contributed by atoms with Gasteiger partial charge in [0.05, 0.1) is 12.1 Å². The first-order valence-electron chi connectivity index (χ1n) is 8.87.